The molecule has 3 nitrogen and oxygen atoms in total. The summed E-state index contributed by atoms with van der Waals surface area (Å²) < 4.78 is 6.16. The molecule has 2 N–H and O–H groups in total. The van der Waals surface area contributed by atoms with Gasteiger partial charge in [-0.05, 0) is 50.8 Å². The van der Waals surface area contributed by atoms with E-state index < -0.39 is 0 Å². The third-order valence-corrected chi connectivity index (χ3v) is 3.91. The zero-order valence-corrected chi connectivity index (χ0v) is 13.4. The van der Waals surface area contributed by atoms with Crippen molar-refractivity contribution in [1.29, 1.82) is 0 Å². The van der Waals surface area contributed by atoms with Gasteiger partial charge < -0.3 is 15.4 Å². The second-order valence-electron chi connectivity index (χ2n) is 6.63. The van der Waals surface area contributed by atoms with Crippen LogP contribution < -0.4 is 15.4 Å². The Hall–Kier alpha value is -1.22. The minimum atomic E-state index is 0.188. The molecule has 0 spiro atoms. The Morgan fingerprint density at radius 3 is 2.50 bits per heavy atom. The molecule has 2 unspecified atom stereocenters. The van der Waals surface area contributed by atoms with Crippen LogP contribution >= 0.6 is 0 Å². The number of nitrogens with two attached hydrogens (primary N) is 1. The standard InChI is InChI=1S/C17H28N2O/c1-11(2)17-10-19(12(3)4)15-9-14(8-13(5)18)6-7-16(15)20-17/h6-7,9,11-13,17H,8,10,18H2,1-5H3. The lowest BCUT2D eigenvalue weighted by Gasteiger charge is -2.40. The summed E-state index contributed by atoms with van der Waals surface area (Å²) >= 11 is 0. The molecular formula is C17H28N2O. The van der Waals surface area contributed by atoms with Crippen molar-refractivity contribution in [3.63, 3.8) is 0 Å². The molecule has 3 heteroatoms. The number of rotatable bonds is 4. The first-order valence-electron chi connectivity index (χ1n) is 7.70. The summed E-state index contributed by atoms with van der Waals surface area (Å²) in [6.07, 6.45) is 1.18. The first-order chi connectivity index (χ1) is 9.38. The van der Waals surface area contributed by atoms with E-state index in [2.05, 4.69) is 50.8 Å². The summed E-state index contributed by atoms with van der Waals surface area (Å²) in [6.45, 7) is 11.9. The van der Waals surface area contributed by atoms with E-state index in [9.17, 15) is 0 Å². The summed E-state index contributed by atoms with van der Waals surface area (Å²) in [6, 6.07) is 7.16. The Morgan fingerprint density at radius 2 is 1.95 bits per heavy atom. The Balaban J connectivity index is 2.33. The number of fused-ring (bicyclic) bond motifs is 1. The van der Waals surface area contributed by atoms with E-state index in [4.69, 9.17) is 10.5 Å². The lowest BCUT2D eigenvalue weighted by atomic mass is 10.0. The summed E-state index contributed by atoms with van der Waals surface area (Å²) in [5.41, 5.74) is 8.42. The Bertz CT molecular complexity index is 454. The molecular weight excluding hydrogens is 248 g/mol. The van der Waals surface area contributed by atoms with Crippen LogP contribution in [0.1, 0.15) is 40.2 Å². The molecule has 20 heavy (non-hydrogen) atoms. The monoisotopic (exact) mass is 276 g/mol. The third-order valence-electron chi connectivity index (χ3n) is 3.91. The van der Waals surface area contributed by atoms with Crippen LogP contribution in [0.3, 0.4) is 0 Å². The summed E-state index contributed by atoms with van der Waals surface area (Å²) in [5, 5.41) is 0. The molecule has 0 fully saturated rings. The average Bonchev–Trinajstić information content (AvgIpc) is 2.36. The van der Waals surface area contributed by atoms with Crippen molar-refractivity contribution in [2.24, 2.45) is 11.7 Å². The van der Waals surface area contributed by atoms with Gasteiger partial charge in [-0.1, -0.05) is 19.9 Å². The van der Waals surface area contributed by atoms with Crippen molar-refractivity contribution in [2.45, 2.75) is 59.2 Å². The molecule has 1 aliphatic heterocycles. The van der Waals surface area contributed by atoms with E-state index in [1.807, 2.05) is 6.92 Å². The lowest BCUT2D eigenvalue weighted by molar-refractivity contribution is 0.143. The smallest absolute Gasteiger partial charge is 0.143 e. The van der Waals surface area contributed by atoms with Crippen LogP contribution in [-0.2, 0) is 6.42 Å². The highest BCUT2D eigenvalue weighted by atomic mass is 16.5. The maximum atomic E-state index is 6.16. The normalized spacial score (nSPS) is 20.0. The summed E-state index contributed by atoms with van der Waals surface area (Å²) in [4.78, 5) is 2.45. The first-order valence-corrected chi connectivity index (χ1v) is 7.70. The van der Waals surface area contributed by atoms with E-state index in [-0.39, 0.29) is 12.1 Å². The van der Waals surface area contributed by atoms with Crippen LogP contribution in [0, 0.1) is 5.92 Å². The quantitative estimate of drug-likeness (QED) is 0.917. The van der Waals surface area contributed by atoms with Crippen LogP contribution in [0.2, 0.25) is 0 Å². The molecule has 1 aliphatic rings. The van der Waals surface area contributed by atoms with Gasteiger partial charge in [-0.2, -0.15) is 0 Å². The maximum absolute atomic E-state index is 6.16. The predicted molar refractivity (Wildman–Crippen MR) is 85.5 cm³/mol. The lowest BCUT2D eigenvalue weighted by Crippen LogP contribution is -2.45. The highest BCUT2D eigenvalue weighted by Crippen LogP contribution is 2.37. The Labute approximate surface area is 123 Å². The number of nitrogens with zero attached hydrogens (tertiary/aromatic N) is 1. The van der Waals surface area contributed by atoms with Gasteiger partial charge in [-0.3, -0.25) is 0 Å². The molecule has 0 aromatic heterocycles. The molecule has 1 heterocycles. The van der Waals surface area contributed by atoms with Gasteiger partial charge in [0.2, 0.25) is 0 Å². The molecule has 0 saturated carbocycles. The fourth-order valence-electron chi connectivity index (χ4n) is 2.71. The van der Waals surface area contributed by atoms with Gasteiger partial charge in [0.25, 0.3) is 0 Å². The van der Waals surface area contributed by atoms with Gasteiger partial charge >= 0.3 is 0 Å². The minimum absolute atomic E-state index is 0.188. The molecule has 0 radical (unpaired) electrons. The maximum Gasteiger partial charge on any atom is 0.143 e. The van der Waals surface area contributed by atoms with Gasteiger partial charge in [-0.25, -0.2) is 0 Å². The molecule has 1 aromatic rings. The minimum Gasteiger partial charge on any atom is -0.486 e. The van der Waals surface area contributed by atoms with Gasteiger partial charge in [0.15, 0.2) is 0 Å². The van der Waals surface area contributed by atoms with Crippen molar-refractivity contribution < 1.29 is 4.74 Å². The van der Waals surface area contributed by atoms with E-state index in [0.717, 1.165) is 18.7 Å². The molecule has 0 bridgehead atoms. The largest absolute Gasteiger partial charge is 0.486 e. The second-order valence-corrected chi connectivity index (χ2v) is 6.63. The fourth-order valence-corrected chi connectivity index (χ4v) is 2.71. The fraction of sp³-hybridized carbons (Fsp3) is 0.647. The van der Waals surface area contributed by atoms with Gasteiger partial charge in [0, 0.05) is 12.1 Å². The SMILES string of the molecule is CC(N)Cc1ccc2c(c1)N(C(C)C)CC(C(C)C)O2. The summed E-state index contributed by atoms with van der Waals surface area (Å²) in [7, 11) is 0. The third kappa shape index (κ3) is 3.26. The van der Waals surface area contributed by atoms with Crippen molar-refractivity contribution in [2.75, 3.05) is 11.4 Å². The molecule has 2 rings (SSSR count). The highest BCUT2D eigenvalue weighted by Gasteiger charge is 2.29. The molecule has 1 aromatic carbocycles. The number of hydrogen-bond donors (Lipinski definition) is 1. The number of benzene rings is 1. The van der Waals surface area contributed by atoms with Crippen LogP contribution in [0.4, 0.5) is 5.69 Å². The van der Waals surface area contributed by atoms with Crippen molar-refractivity contribution in [3.8, 4) is 5.75 Å². The molecule has 0 amide bonds. The van der Waals surface area contributed by atoms with Crippen molar-refractivity contribution in [1.82, 2.24) is 0 Å². The highest BCUT2D eigenvalue weighted by molar-refractivity contribution is 5.62. The van der Waals surface area contributed by atoms with Crippen molar-refractivity contribution >= 4 is 5.69 Å². The van der Waals surface area contributed by atoms with E-state index in [1.165, 1.54) is 11.3 Å². The van der Waals surface area contributed by atoms with E-state index >= 15 is 0 Å². The first kappa shape index (κ1) is 15.2. The zero-order chi connectivity index (χ0) is 14.9. The number of anilines is 1. The zero-order valence-electron chi connectivity index (χ0n) is 13.4. The Kier molecular flexibility index (Phi) is 4.59. The average molecular weight is 276 g/mol. The van der Waals surface area contributed by atoms with E-state index in [0.29, 0.717) is 12.0 Å². The van der Waals surface area contributed by atoms with Crippen LogP contribution in [-0.4, -0.2) is 24.7 Å². The van der Waals surface area contributed by atoms with E-state index in [1.54, 1.807) is 0 Å². The molecule has 0 saturated heterocycles. The molecule has 112 valence electrons. The Morgan fingerprint density at radius 1 is 1.25 bits per heavy atom. The molecule has 0 aliphatic carbocycles. The van der Waals surface area contributed by atoms with Crippen LogP contribution in [0.5, 0.6) is 5.75 Å². The number of ether oxygens (including phenoxy) is 1. The van der Waals surface area contributed by atoms with Gasteiger partial charge in [0.1, 0.15) is 11.9 Å². The predicted octanol–water partition coefficient (Wildman–Crippen LogP) is 3.21. The second kappa shape index (κ2) is 6.04. The topological polar surface area (TPSA) is 38.5 Å². The van der Waals surface area contributed by atoms with Crippen LogP contribution in [0.15, 0.2) is 18.2 Å². The van der Waals surface area contributed by atoms with Gasteiger partial charge in [0.05, 0.1) is 12.2 Å². The molecule has 2 atom stereocenters. The number of hydrogen-bond acceptors (Lipinski definition) is 3. The van der Waals surface area contributed by atoms with Crippen molar-refractivity contribution in [3.05, 3.63) is 23.8 Å². The van der Waals surface area contributed by atoms with Crippen LogP contribution in [0.25, 0.3) is 0 Å². The van der Waals surface area contributed by atoms with Gasteiger partial charge in [-0.15, -0.1) is 0 Å². The summed E-state index contributed by atoms with van der Waals surface area (Å²) in [5.74, 6) is 1.53.